The van der Waals surface area contributed by atoms with Gasteiger partial charge in [0.15, 0.2) is 0 Å². The Morgan fingerprint density at radius 3 is 2.37 bits per heavy atom. The molecule has 0 aromatic carbocycles. The zero-order chi connectivity index (χ0) is 14.0. The summed E-state index contributed by atoms with van der Waals surface area (Å²) in [5.74, 6) is -0.250. The van der Waals surface area contributed by atoms with Crippen molar-refractivity contribution in [2.75, 3.05) is 5.88 Å². The molecule has 0 N–H and O–H groups in total. The Balaban J connectivity index is 1.85. The molecule has 5 nitrogen and oxygen atoms in total. The number of halogens is 3. The molecule has 2 bridgehead atoms. The monoisotopic (exact) mass is 329 g/mol. The second-order valence-electron chi connectivity index (χ2n) is 4.77. The van der Waals surface area contributed by atoms with Crippen molar-refractivity contribution in [1.29, 1.82) is 0 Å². The quantitative estimate of drug-likeness (QED) is 0.452. The molecule has 0 aliphatic carbocycles. The van der Waals surface area contributed by atoms with Crippen molar-refractivity contribution in [3.05, 3.63) is 0 Å². The Labute approximate surface area is 126 Å². The lowest BCUT2D eigenvalue weighted by molar-refractivity contribution is -0.124. The van der Waals surface area contributed by atoms with Crippen LogP contribution in [0.15, 0.2) is 0 Å². The third kappa shape index (κ3) is 3.58. The van der Waals surface area contributed by atoms with E-state index in [0.29, 0.717) is 12.8 Å². The molecule has 0 radical (unpaired) electrons. The first-order chi connectivity index (χ1) is 8.95. The van der Waals surface area contributed by atoms with Crippen LogP contribution in [0.5, 0.6) is 0 Å². The third-order valence-corrected chi connectivity index (χ3v) is 4.59. The van der Waals surface area contributed by atoms with Crippen LogP contribution < -0.4 is 0 Å². The second kappa shape index (κ2) is 5.94. The van der Waals surface area contributed by atoms with Crippen molar-refractivity contribution >= 4 is 47.4 Å². The summed E-state index contributed by atoms with van der Waals surface area (Å²) in [6, 6.07) is 0.276. The lowest BCUT2D eigenvalue weighted by atomic mass is 10.0. The molecule has 3 atom stereocenters. The predicted octanol–water partition coefficient (Wildman–Crippen LogP) is 2.66. The van der Waals surface area contributed by atoms with Gasteiger partial charge in [0.25, 0.3) is 4.52 Å². The maximum atomic E-state index is 11.5. The SMILES string of the molecule is O=CN1[C@@H]2CC[C@H]1C[C@@H](OC(=O)OC(Cl)(Cl)CCl)C2. The minimum Gasteiger partial charge on any atom is -0.431 e. The topological polar surface area (TPSA) is 55.8 Å². The number of hydrogen-bond acceptors (Lipinski definition) is 4. The number of nitrogens with zero attached hydrogens (tertiary/aromatic N) is 1. The molecule has 0 aromatic rings. The van der Waals surface area contributed by atoms with Crippen LogP contribution in [-0.4, -0.2) is 46.1 Å². The molecular formula is C11H14Cl3NO4. The van der Waals surface area contributed by atoms with Crippen LogP contribution in [0.1, 0.15) is 25.7 Å². The van der Waals surface area contributed by atoms with Gasteiger partial charge in [-0.2, -0.15) is 0 Å². The molecular weight excluding hydrogens is 316 g/mol. The van der Waals surface area contributed by atoms with Crippen molar-refractivity contribution in [3.63, 3.8) is 0 Å². The van der Waals surface area contributed by atoms with Gasteiger partial charge >= 0.3 is 6.16 Å². The minimum atomic E-state index is -1.78. The van der Waals surface area contributed by atoms with E-state index in [1.807, 2.05) is 0 Å². The van der Waals surface area contributed by atoms with Crippen molar-refractivity contribution in [2.24, 2.45) is 0 Å². The maximum absolute atomic E-state index is 11.5. The Bertz CT molecular complexity index is 352. The summed E-state index contributed by atoms with van der Waals surface area (Å²) < 4.78 is 8.08. The maximum Gasteiger partial charge on any atom is 0.511 e. The third-order valence-electron chi connectivity index (χ3n) is 3.52. The molecule has 2 heterocycles. The molecule has 8 heteroatoms. The number of rotatable bonds is 4. The lowest BCUT2D eigenvalue weighted by Gasteiger charge is -2.35. The van der Waals surface area contributed by atoms with Gasteiger partial charge in [-0.05, 0) is 12.8 Å². The largest absolute Gasteiger partial charge is 0.511 e. The first-order valence-electron chi connectivity index (χ1n) is 6.01. The van der Waals surface area contributed by atoms with E-state index < -0.39 is 10.7 Å². The lowest BCUT2D eigenvalue weighted by Crippen LogP contribution is -2.45. The Morgan fingerprint density at radius 1 is 1.32 bits per heavy atom. The summed E-state index contributed by atoms with van der Waals surface area (Å²) in [6.07, 6.45) is 2.76. The highest BCUT2D eigenvalue weighted by molar-refractivity contribution is 6.50. The summed E-state index contributed by atoms with van der Waals surface area (Å²) in [4.78, 5) is 24.2. The van der Waals surface area contributed by atoms with Crippen LogP contribution in [0.4, 0.5) is 4.79 Å². The van der Waals surface area contributed by atoms with Crippen LogP contribution in [0, 0.1) is 0 Å². The van der Waals surface area contributed by atoms with Gasteiger partial charge in [0.05, 0.1) is 5.88 Å². The Morgan fingerprint density at radius 2 is 1.89 bits per heavy atom. The van der Waals surface area contributed by atoms with E-state index in [9.17, 15) is 9.59 Å². The van der Waals surface area contributed by atoms with E-state index in [0.717, 1.165) is 19.3 Å². The predicted molar refractivity (Wildman–Crippen MR) is 70.5 cm³/mol. The van der Waals surface area contributed by atoms with Gasteiger partial charge in [-0.3, -0.25) is 4.79 Å². The molecule has 0 aromatic heterocycles. The van der Waals surface area contributed by atoms with Gasteiger partial charge in [-0.1, -0.05) is 23.2 Å². The molecule has 2 rings (SSSR count). The van der Waals surface area contributed by atoms with E-state index in [1.54, 1.807) is 4.90 Å². The summed E-state index contributed by atoms with van der Waals surface area (Å²) in [6.45, 7) is 0. The van der Waals surface area contributed by atoms with Crippen molar-refractivity contribution in [1.82, 2.24) is 4.90 Å². The fraction of sp³-hybridized carbons (Fsp3) is 0.818. The molecule has 19 heavy (non-hydrogen) atoms. The normalized spacial score (nSPS) is 30.1. The highest BCUT2D eigenvalue weighted by atomic mass is 35.5. The van der Waals surface area contributed by atoms with Gasteiger partial charge in [-0.25, -0.2) is 4.79 Å². The van der Waals surface area contributed by atoms with Gasteiger partial charge in [0.1, 0.15) is 6.10 Å². The van der Waals surface area contributed by atoms with Gasteiger partial charge in [0.2, 0.25) is 6.41 Å². The van der Waals surface area contributed by atoms with Crippen LogP contribution in [0.25, 0.3) is 0 Å². The van der Waals surface area contributed by atoms with Crippen molar-refractivity contribution in [2.45, 2.75) is 48.4 Å². The summed E-state index contributed by atoms with van der Waals surface area (Å²) in [5, 5.41) is 0. The first kappa shape index (κ1) is 15.0. The molecule has 0 saturated carbocycles. The highest BCUT2D eigenvalue weighted by Gasteiger charge is 2.42. The van der Waals surface area contributed by atoms with Crippen molar-refractivity contribution < 1.29 is 19.1 Å². The van der Waals surface area contributed by atoms with E-state index in [-0.39, 0.29) is 24.1 Å². The van der Waals surface area contributed by atoms with E-state index in [4.69, 9.17) is 39.5 Å². The highest BCUT2D eigenvalue weighted by Crippen LogP contribution is 2.36. The Kier molecular flexibility index (Phi) is 4.69. The van der Waals surface area contributed by atoms with Gasteiger partial charge < -0.3 is 14.4 Å². The summed E-state index contributed by atoms with van der Waals surface area (Å²) >= 11 is 16.6. The summed E-state index contributed by atoms with van der Waals surface area (Å²) in [5.41, 5.74) is 0. The number of hydrogen-bond donors (Lipinski definition) is 0. The van der Waals surface area contributed by atoms with Crippen molar-refractivity contribution in [3.8, 4) is 0 Å². The minimum absolute atomic E-state index is 0.138. The fourth-order valence-electron chi connectivity index (χ4n) is 2.74. The fourth-order valence-corrected chi connectivity index (χ4v) is 2.92. The number of amides is 1. The van der Waals surface area contributed by atoms with Crippen LogP contribution in [0.3, 0.4) is 0 Å². The molecule has 2 fully saturated rings. The first-order valence-corrected chi connectivity index (χ1v) is 7.30. The van der Waals surface area contributed by atoms with Crippen LogP contribution in [-0.2, 0) is 14.3 Å². The number of fused-ring (bicyclic) bond motifs is 2. The van der Waals surface area contributed by atoms with Crippen LogP contribution in [0.2, 0.25) is 0 Å². The number of carbonyl (C=O) groups excluding carboxylic acids is 2. The number of carbonyl (C=O) groups is 2. The zero-order valence-electron chi connectivity index (χ0n) is 10.1. The number of ether oxygens (including phenoxy) is 2. The van der Waals surface area contributed by atoms with Crippen LogP contribution >= 0.6 is 34.8 Å². The number of piperidine rings is 1. The molecule has 0 unspecified atom stereocenters. The average molecular weight is 331 g/mol. The van der Waals surface area contributed by atoms with Gasteiger partial charge in [0, 0.05) is 24.9 Å². The molecule has 2 aliphatic heterocycles. The molecule has 0 spiro atoms. The molecule has 2 aliphatic rings. The summed E-state index contributed by atoms with van der Waals surface area (Å²) in [7, 11) is 0. The average Bonchev–Trinajstić information content (AvgIpc) is 2.59. The zero-order valence-corrected chi connectivity index (χ0v) is 12.3. The van der Waals surface area contributed by atoms with Gasteiger partial charge in [-0.15, -0.1) is 11.6 Å². The standard InChI is InChI=1S/C11H14Cl3NO4/c12-5-11(13,14)19-10(17)18-9-3-7-1-2-8(4-9)15(7)6-16/h6-9H,1-5H2/t7-,8+,9+. The Hall–Kier alpha value is -0.390. The van der Waals surface area contributed by atoms with E-state index in [1.165, 1.54) is 0 Å². The van der Waals surface area contributed by atoms with E-state index >= 15 is 0 Å². The molecule has 108 valence electrons. The van der Waals surface area contributed by atoms with E-state index in [2.05, 4.69) is 4.74 Å². The smallest absolute Gasteiger partial charge is 0.431 e. The molecule has 1 amide bonds. The number of alkyl halides is 3. The molecule has 2 saturated heterocycles. The second-order valence-corrected chi connectivity index (χ2v) is 6.45.